The first-order chi connectivity index (χ1) is 12.6. The smallest absolute Gasteiger partial charge is 0.337 e. The zero-order valence-corrected chi connectivity index (χ0v) is 15.2. The number of amides is 2. The standard InChI is InChI=1S/C20H26N2O4/c1-26-20(25)17-4-2-14(3-5-17)8-11-21-18(23)15-9-12-22(13-10-15)19(24)16-6-7-16/h2-5,15-16H,6-13H2,1H3,(H,21,23). The van der Waals surface area contributed by atoms with Gasteiger partial charge in [0, 0.05) is 31.5 Å². The van der Waals surface area contributed by atoms with Crippen LogP contribution in [-0.4, -0.2) is 49.4 Å². The second kappa shape index (κ2) is 8.34. The van der Waals surface area contributed by atoms with E-state index in [1.54, 1.807) is 12.1 Å². The van der Waals surface area contributed by atoms with E-state index in [0.717, 1.165) is 31.2 Å². The molecule has 140 valence electrons. The molecule has 1 saturated heterocycles. The number of benzene rings is 1. The molecule has 1 heterocycles. The van der Waals surface area contributed by atoms with Crippen LogP contribution in [-0.2, 0) is 20.7 Å². The van der Waals surface area contributed by atoms with Gasteiger partial charge in [-0.2, -0.15) is 0 Å². The van der Waals surface area contributed by atoms with E-state index >= 15 is 0 Å². The van der Waals surface area contributed by atoms with Crippen molar-refractivity contribution >= 4 is 17.8 Å². The number of nitrogens with one attached hydrogen (secondary N) is 1. The van der Waals surface area contributed by atoms with Crippen LogP contribution in [0.2, 0.25) is 0 Å². The molecule has 0 bridgehead atoms. The molecule has 1 aliphatic carbocycles. The Morgan fingerprint density at radius 1 is 1.04 bits per heavy atom. The number of esters is 1. The molecule has 3 rings (SSSR count). The molecule has 2 amide bonds. The Morgan fingerprint density at radius 2 is 1.69 bits per heavy atom. The van der Waals surface area contributed by atoms with E-state index in [4.69, 9.17) is 0 Å². The summed E-state index contributed by atoms with van der Waals surface area (Å²) in [5.41, 5.74) is 1.58. The highest BCUT2D eigenvalue weighted by atomic mass is 16.5. The number of likely N-dealkylation sites (tertiary alicyclic amines) is 1. The topological polar surface area (TPSA) is 75.7 Å². The van der Waals surface area contributed by atoms with Crippen LogP contribution in [0.15, 0.2) is 24.3 Å². The predicted molar refractivity (Wildman–Crippen MR) is 96.5 cm³/mol. The molecule has 0 unspecified atom stereocenters. The van der Waals surface area contributed by atoms with Crippen LogP contribution in [0.5, 0.6) is 0 Å². The van der Waals surface area contributed by atoms with Crippen molar-refractivity contribution < 1.29 is 19.1 Å². The SMILES string of the molecule is COC(=O)c1ccc(CCNC(=O)C2CCN(C(=O)C3CC3)CC2)cc1. The maximum absolute atomic E-state index is 12.3. The van der Waals surface area contributed by atoms with Gasteiger partial charge in [0.1, 0.15) is 0 Å². The number of nitrogens with zero attached hydrogens (tertiary/aromatic N) is 1. The van der Waals surface area contributed by atoms with Crippen molar-refractivity contribution in [2.24, 2.45) is 11.8 Å². The molecule has 26 heavy (non-hydrogen) atoms. The minimum absolute atomic E-state index is 0.0000430. The van der Waals surface area contributed by atoms with Crippen LogP contribution in [0.4, 0.5) is 0 Å². The second-order valence-corrected chi connectivity index (χ2v) is 7.10. The molecule has 6 heteroatoms. The molecule has 2 fully saturated rings. The van der Waals surface area contributed by atoms with E-state index in [2.05, 4.69) is 10.1 Å². The predicted octanol–water partition coefficient (Wildman–Crippen LogP) is 1.78. The third-order valence-electron chi connectivity index (χ3n) is 5.19. The van der Waals surface area contributed by atoms with Crippen molar-refractivity contribution in [1.29, 1.82) is 0 Å². The summed E-state index contributed by atoms with van der Waals surface area (Å²) in [4.78, 5) is 37.7. The fourth-order valence-electron chi connectivity index (χ4n) is 3.35. The van der Waals surface area contributed by atoms with Crippen molar-refractivity contribution in [3.05, 3.63) is 35.4 Å². The van der Waals surface area contributed by atoms with Gasteiger partial charge in [-0.25, -0.2) is 4.79 Å². The van der Waals surface area contributed by atoms with Gasteiger partial charge >= 0.3 is 5.97 Å². The first kappa shape index (κ1) is 18.4. The highest BCUT2D eigenvalue weighted by molar-refractivity contribution is 5.89. The average molecular weight is 358 g/mol. The average Bonchev–Trinajstić information content (AvgIpc) is 3.52. The van der Waals surface area contributed by atoms with Crippen molar-refractivity contribution in [3.63, 3.8) is 0 Å². The van der Waals surface area contributed by atoms with Gasteiger partial charge in [-0.3, -0.25) is 9.59 Å². The Morgan fingerprint density at radius 3 is 2.27 bits per heavy atom. The first-order valence-electron chi connectivity index (χ1n) is 9.32. The van der Waals surface area contributed by atoms with Crippen LogP contribution in [0.25, 0.3) is 0 Å². The largest absolute Gasteiger partial charge is 0.465 e. The van der Waals surface area contributed by atoms with Gasteiger partial charge in [-0.1, -0.05) is 12.1 Å². The minimum Gasteiger partial charge on any atom is -0.465 e. The molecule has 0 spiro atoms. The van der Waals surface area contributed by atoms with Crippen molar-refractivity contribution in [1.82, 2.24) is 10.2 Å². The number of hydrogen-bond donors (Lipinski definition) is 1. The second-order valence-electron chi connectivity index (χ2n) is 7.10. The van der Waals surface area contributed by atoms with Gasteiger partial charge in [0.15, 0.2) is 0 Å². The Labute approximate surface area is 153 Å². The molecule has 0 radical (unpaired) electrons. The molecule has 6 nitrogen and oxygen atoms in total. The molecule has 1 aromatic rings. The summed E-state index contributed by atoms with van der Waals surface area (Å²) in [5.74, 6) is 0.260. The monoisotopic (exact) mass is 358 g/mol. The number of carbonyl (C=O) groups is 3. The molecule has 0 atom stereocenters. The normalized spacial score (nSPS) is 17.7. The van der Waals surface area contributed by atoms with Gasteiger partial charge in [0.25, 0.3) is 0 Å². The van der Waals surface area contributed by atoms with Crippen molar-refractivity contribution in [2.75, 3.05) is 26.7 Å². The van der Waals surface area contributed by atoms with Gasteiger partial charge < -0.3 is 15.0 Å². The van der Waals surface area contributed by atoms with Crippen LogP contribution in [0.3, 0.4) is 0 Å². The lowest BCUT2D eigenvalue weighted by Gasteiger charge is -2.31. The minimum atomic E-state index is -0.351. The molecular formula is C20H26N2O4. The summed E-state index contributed by atoms with van der Waals surface area (Å²) in [6.45, 7) is 1.96. The third-order valence-corrected chi connectivity index (χ3v) is 5.19. The van der Waals surface area contributed by atoms with Gasteiger partial charge in [0.2, 0.25) is 11.8 Å². The number of piperidine rings is 1. The quantitative estimate of drug-likeness (QED) is 0.787. The molecular weight excluding hydrogens is 332 g/mol. The highest BCUT2D eigenvalue weighted by Gasteiger charge is 2.35. The van der Waals surface area contributed by atoms with Crippen molar-refractivity contribution in [3.8, 4) is 0 Å². The summed E-state index contributed by atoms with van der Waals surface area (Å²) in [5, 5.41) is 2.99. The third kappa shape index (κ3) is 4.62. The van der Waals surface area contributed by atoms with Crippen LogP contribution >= 0.6 is 0 Å². The highest BCUT2D eigenvalue weighted by Crippen LogP contribution is 2.32. The number of carbonyl (C=O) groups excluding carboxylic acids is 3. The van der Waals surface area contributed by atoms with Crippen LogP contribution in [0, 0.1) is 11.8 Å². The first-order valence-corrected chi connectivity index (χ1v) is 9.32. The summed E-state index contributed by atoms with van der Waals surface area (Å²) in [6, 6.07) is 7.21. The Kier molecular flexibility index (Phi) is 5.91. The number of methoxy groups -OCH3 is 1. The maximum atomic E-state index is 12.3. The van der Waals surface area contributed by atoms with Crippen LogP contribution in [0.1, 0.15) is 41.6 Å². The van der Waals surface area contributed by atoms with E-state index < -0.39 is 0 Å². The molecule has 1 N–H and O–H groups in total. The number of hydrogen-bond acceptors (Lipinski definition) is 4. The number of ether oxygens (including phenoxy) is 1. The maximum Gasteiger partial charge on any atom is 0.337 e. The zero-order chi connectivity index (χ0) is 18.5. The van der Waals surface area contributed by atoms with E-state index in [-0.39, 0.29) is 29.6 Å². The molecule has 0 aromatic heterocycles. The fourth-order valence-corrected chi connectivity index (χ4v) is 3.35. The van der Waals surface area contributed by atoms with Crippen LogP contribution < -0.4 is 5.32 Å². The van der Waals surface area contributed by atoms with Gasteiger partial charge in [-0.15, -0.1) is 0 Å². The van der Waals surface area contributed by atoms with Gasteiger partial charge in [0.05, 0.1) is 12.7 Å². The number of rotatable bonds is 6. The summed E-state index contributed by atoms with van der Waals surface area (Å²) in [6.07, 6.45) is 4.27. The molecule has 1 aliphatic heterocycles. The molecule has 1 saturated carbocycles. The Bertz CT molecular complexity index is 659. The van der Waals surface area contributed by atoms with Crippen molar-refractivity contribution in [2.45, 2.75) is 32.1 Å². The van der Waals surface area contributed by atoms with E-state index in [1.165, 1.54) is 7.11 Å². The van der Waals surface area contributed by atoms with E-state index in [9.17, 15) is 14.4 Å². The van der Waals surface area contributed by atoms with E-state index in [0.29, 0.717) is 31.6 Å². The van der Waals surface area contributed by atoms with Gasteiger partial charge in [-0.05, 0) is 49.8 Å². The zero-order valence-electron chi connectivity index (χ0n) is 15.2. The summed E-state index contributed by atoms with van der Waals surface area (Å²) < 4.78 is 4.67. The molecule has 1 aromatic carbocycles. The summed E-state index contributed by atoms with van der Waals surface area (Å²) >= 11 is 0. The lowest BCUT2D eigenvalue weighted by molar-refractivity contribution is -0.136. The fraction of sp³-hybridized carbons (Fsp3) is 0.550. The van der Waals surface area contributed by atoms with E-state index in [1.807, 2.05) is 17.0 Å². The Balaban J connectivity index is 1.37. The molecule has 2 aliphatic rings. The summed E-state index contributed by atoms with van der Waals surface area (Å²) in [7, 11) is 1.36. The Hall–Kier alpha value is -2.37. The lowest BCUT2D eigenvalue weighted by Crippen LogP contribution is -2.43. The lowest BCUT2D eigenvalue weighted by atomic mass is 9.95.